The SMILES string of the molecule is CC1CC(N)(C(N)=O)C1. The van der Waals surface area contributed by atoms with Crippen LogP contribution in [-0.4, -0.2) is 11.4 Å². The Kier molecular flexibility index (Phi) is 1.24. The van der Waals surface area contributed by atoms with Gasteiger partial charge in [-0.15, -0.1) is 0 Å². The lowest BCUT2D eigenvalue weighted by Gasteiger charge is -2.40. The van der Waals surface area contributed by atoms with E-state index >= 15 is 0 Å². The van der Waals surface area contributed by atoms with Crippen LogP contribution in [0.5, 0.6) is 0 Å². The van der Waals surface area contributed by atoms with Crippen LogP contribution in [0, 0.1) is 5.92 Å². The maximum Gasteiger partial charge on any atom is 0.237 e. The van der Waals surface area contributed by atoms with E-state index in [1.807, 2.05) is 0 Å². The van der Waals surface area contributed by atoms with Crippen molar-refractivity contribution >= 4 is 5.91 Å². The molecule has 1 amide bonds. The number of carbonyl (C=O) groups is 1. The molecule has 4 N–H and O–H groups in total. The summed E-state index contributed by atoms with van der Waals surface area (Å²) in [6, 6.07) is 0. The van der Waals surface area contributed by atoms with Crippen LogP contribution in [0.3, 0.4) is 0 Å². The van der Waals surface area contributed by atoms with Crippen LogP contribution in [-0.2, 0) is 4.79 Å². The quantitative estimate of drug-likeness (QED) is 0.504. The Hall–Kier alpha value is -0.570. The van der Waals surface area contributed by atoms with Crippen molar-refractivity contribution < 1.29 is 4.79 Å². The van der Waals surface area contributed by atoms with Crippen molar-refractivity contribution in [1.82, 2.24) is 0 Å². The molecule has 0 spiro atoms. The molecule has 9 heavy (non-hydrogen) atoms. The van der Waals surface area contributed by atoms with Gasteiger partial charge in [-0.2, -0.15) is 0 Å². The fraction of sp³-hybridized carbons (Fsp3) is 0.833. The summed E-state index contributed by atoms with van der Waals surface area (Å²) in [6.45, 7) is 2.06. The summed E-state index contributed by atoms with van der Waals surface area (Å²) in [5.74, 6) is 0.211. The van der Waals surface area contributed by atoms with Gasteiger partial charge in [-0.1, -0.05) is 6.92 Å². The minimum absolute atomic E-state index is 0.361. The van der Waals surface area contributed by atoms with E-state index in [1.165, 1.54) is 0 Å². The molecule has 0 bridgehead atoms. The largest absolute Gasteiger partial charge is 0.368 e. The highest BCUT2D eigenvalue weighted by molar-refractivity contribution is 5.85. The zero-order valence-corrected chi connectivity index (χ0v) is 5.55. The van der Waals surface area contributed by atoms with E-state index < -0.39 is 5.54 Å². The zero-order valence-electron chi connectivity index (χ0n) is 5.55. The molecule has 0 unspecified atom stereocenters. The predicted molar refractivity (Wildman–Crippen MR) is 34.5 cm³/mol. The van der Waals surface area contributed by atoms with Gasteiger partial charge in [0, 0.05) is 0 Å². The van der Waals surface area contributed by atoms with Crippen LogP contribution >= 0.6 is 0 Å². The monoisotopic (exact) mass is 128 g/mol. The Balaban J connectivity index is 2.50. The molecule has 0 aromatic heterocycles. The zero-order chi connectivity index (χ0) is 7.07. The van der Waals surface area contributed by atoms with Crippen LogP contribution in [0.4, 0.5) is 0 Å². The van der Waals surface area contributed by atoms with Gasteiger partial charge in [0.1, 0.15) is 0 Å². The van der Waals surface area contributed by atoms with Crippen molar-refractivity contribution in [2.75, 3.05) is 0 Å². The fourth-order valence-corrected chi connectivity index (χ4v) is 1.39. The molecule has 1 aliphatic rings. The van der Waals surface area contributed by atoms with E-state index in [-0.39, 0.29) is 5.91 Å². The standard InChI is InChI=1S/C6H12N2O/c1-4-2-6(8,3-4)5(7)9/h4H,2-3,8H2,1H3,(H2,7,9). The summed E-state index contributed by atoms with van der Waals surface area (Å²) in [7, 11) is 0. The van der Waals surface area contributed by atoms with Crippen molar-refractivity contribution in [1.29, 1.82) is 0 Å². The number of rotatable bonds is 1. The van der Waals surface area contributed by atoms with Crippen LogP contribution in [0.1, 0.15) is 19.8 Å². The average molecular weight is 128 g/mol. The van der Waals surface area contributed by atoms with E-state index in [9.17, 15) is 4.79 Å². The number of hydrogen-bond donors (Lipinski definition) is 2. The topological polar surface area (TPSA) is 69.1 Å². The highest BCUT2D eigenvalue weighted by Crippen LogP contribution is 2.34. The number of primary amides is 1. The first-order valence-electron chi connectivity index (χ1n) is 3.13. The molecule has 1 saturated carbocycles. The highest BCUT2D eigenvalue weighted by atomic mass is 16.1. The normalized spacial score (nSPS) is 41.8. The first-order chi connectivity index (χ1) is 4.04. The van der Waals surface area contributed by atoms with Gasteiger partial charge < -0.3 is 11.5 Å². The van der Waals surface area contributed by atoms with Crippen LogP contribution in [0.15, 0.2) is 0 Å². The maximum atomic E-state index is 10.5. The van der Waals surface area contributed by atoms with E-state index in [2.05, 4.69) is 6.92 Å². The van der Waals surface area contributed by atoms with Gasteiger partial charge in [0.25, 0.3) is 0 Å². The van der Waals surface area contributed by atoms with E-state index in [1.54, 1.807) is 0 Å². The fourth-order valence-electron chi connectivity index (χ4n) is 1.39. The molecular formula is C6H12N2O. The van der Waals surface area contributed by atoms with Crippen LogP contribution in [0.25, 0.3) is 0 Å². The smallest absolute Gasteiger partial charge is 0.237 e. The Bertz CT molecular complexity index is 138. The molecule has 0 atom stereocenters. The van der Waals surface area contributed by atoms with Gasteiger partial charge >= 0.3 is 0 Å². The molecule has 1 fully saturated rings. The number of carbonyl (C=O) groups excluding carboxylic acids is 1. The molecule has 0 radical (unpaired) electrons. The lowest BCUT2D eigenvalue weighted by Crippen LogP contribution is -2.60. The summed E-state index contributed by atoms with van der Waals surface area (Å²) in [5.41, 5.74) is 9.92. The number of nitrogens with two attached hydrogens (primary N) is 2. The number of hydrogen-bond acceptors (Lipinski definition) is 2. The molecule has 3 heteroatoms. The van der Waals surface area contributed by atoms with Crippen molar-refractivity contribution in [2.45, 2.75) is 25.3 Å². The second kappa shape index (κ2) is 1.70. The maximum absolute atomic E-state index is 10.5. The Morgan fingerprint density at radius 1 is 1.67 bits per heavy atom. The third kappa shape index (κ3) is 0.920. The predicted octanol–water partition coefficient (Wildman–Crippen LogP) is -0.401. The van der Waals surface area contributed by atoms with Crippen LogP contribution in [0.2, 0.25) is 0 Å². The molecule has 0 aromatic carbocycles. The first kappa shape index (κ1) is 6.55. The molecule has 3 nitrogen and oxygen atoms in total. The van der Waals surface area contributed by atoms with Crippen molar-refractivity contribution in [3.8, 4) is 0 Å². The summed E-state index contributed by atoms with van der Waals surface area (Å²) in [5, 5.41) is 0. The lowest BCUT2D eigenvalue weighted by molar-refractivity contribution is -0.127. The van der Waals surface area contributed by atoms with Crippen molar-refractivity contribution in [3.63, 3.8) is 0 Å². The summed E-state index contributed by atoms with van der Waals surface area (Å²) < 4.78 is 0. The van der Waals surface area contributed by atoms with Gasteiger partial charge in [0.05, 0.1) is 5.54 Å². The van der Waals surface area contributed by atoms with Gasteiger partial charge in [-0.25, -0.2) is 0 Å². The third-order valence-electron chi connectivity index (χ3n) is 1.92. The van der Waals surface area contributed by atoms with Gasteiger partial charge in [0.15, 0.2) is 0 Å². The van der Waals surface area contributed by atoms with Crippen LogP contribution < -0.4 is 11.5 Å². The summed E-state index contributed by atoms with van der Waals surface area (Å²) in [4.78, 5) is 10.5. The Labute approximate surface area is 54.4 Å². The Morgan fingerprint density at radius 3 is 2.22 bits per heavy atom. The first-order valence-corrected chi connectivity index (χ1v) is 3.13. The number of amides is 1. The average Bonchev–Trinajstić information content (AvgIpc) is 1.62. The molecule has 1 aliphatic carbocycles. The van der Waals surface area contributed by atoms with Crippen molar-refractivity contribution in [3.05, 3.63) is 0 Å². The minimum Gasteiger partial charge on any atom is -0.368 e. The van der Waals surface area contributed by atoms with Gasteiger partial charge in [-0.3, -0.25) is 4.79 Å². The van der Waals surface area contributed by atoms with Gasteiger partial charge in [-0.05, 0) is 18.8 Å². The highest BCUT2D eigenvalue weighted by Gasteiger charge is 2.43. The molecule has 0 aromatic rings. The molecule has 1 rings (SSSR count). The van der Waals surface area contributed by atoms with Crippen molar-refractivity contribution in [2.24, 2.45) is 17.4 Å². The molecule has 0 heterocycles. The minimum atomic E-state index is -0.667. The third-order valence-corrected chi connectivity index (χ3v) is 1.92. The van der Waals surface area contributed by atoms with E-state index in [0.717, 1.165) is 12.8 Å². The lowest BCUT2D eigenvalue weighted by atomic mass is 9.69. The Morgan fingerprint density at radius 2 is 2.11 bits per heavy atom. The van der Waals surface area contributed by atoms with Gasteiger partial charge in [0.2, 0.25) is 5.91 Å². The molecule has 0 aliphatic heterocycles. The van der Waals surface area contributed by atoms with E-state index in [0.29, 0.717) is 5.92 Å². The molecule has 52 valence electrons. The molecule has 0 saturated heterocycles. The summed E-state index contributed by atoms with van der Waals surface area (Å²) in [6.07, 6.45) is 1.50. The van der Waals surface area contributed by atoms with E-state index in [4.69, 9.17) is 11.5 Å². The second-order valence-electron chi connectivity index (χ2n) is 3.03. The second-order valence-corrected chi connectivity index (χ2v) is 3.03. The summed E-state index contributed by atoms with van der Waals surface area (Å²) >= 11 is 0. The molecular weight excluding hydrogens is 116 g/mol.